The van der Waals surface area contributed by atoms with Crippen LogP contribution in [-0.2, 0) is 10.0 Å². The summed E-state index contributed by atoms with van der Waals surface area (Å²) in [6.07, 6.45) is 0. The lowest BCUT2D eigenvalue weighted by molar-refractivity contribution is 0.567. The van der Waals surface area contributed by atoms with Gasteiger partial charge in [-0.3, -0.25) is 0 Å². The maximum absolute atomic E-state index is 12.3. The molecule has 3 nitrogen and oxygen atoms in total. The Morgan fingerprint density at radius 2 is 1.70 bits per heavy atom. The first-order chi connectivity index (χ1) is 9.40. The average Bonchev–Trinajstić information content (AvgIpc) is 2.39. The molecule has 0 aliphatic rings. The predicted octanol–water partition coefficient (Wildman–Crippen LogP) is 4.14. The summed E-state index contributed by atoms with van der Waals surface area (Å²) in [7, 11) is -3.57. The van der Waals surface area contributed by atoms with Crippen molar-refractivity contribution in [2.75, 3.05) is 0 Å². The molecule has 0 spiro atoms. The Kier molecular flexibility index (Phi) is 4.86. The number of nitrogens with one attached hydrogen (secondary N) is 1. The Bertz CT molecular complexity index is 701. The molecule has 2 aromatic rings. The van der Waals surface area contributed by atoms with E-state index in [0.29, 0.717) is 5.02 Å². The highest BCUT2D eigenvalue weighted by Gasteiger charge is 2.19. The van der Waals surface area contributed by atoms with E-state index < -0.39 is 16.1 Å². The highest BCUT2D eigenvalue weighted by Crippen LogP contribution is 2.24. The van der Waals surface area contributed by atoms with Crippen LogP contribution in [0.3, 0.4) is 0 Å². The second kappa shape index (κ2) is 6.26. The smallest absolute Gasteiger partial charge is 0.207 e. The van der Waals surface area contributed by atoms with E-state index in [1.54, 1.807) is 43.3 Å². The van der Waals surface area contributed by atoms with Crippen molar-refractivity contribution >= 4 is 37.6 Å². The third-order valence-corrected chi connectivity index (χ3v) is 5.26. The van der Waals surface area contributed by atoms with Crippen LogP contribution in [0.5, 0.6) is 0 Å². The molecule has 0 saturated carbocycles. The molecular formula is C14H13BrClNO2S. The Morgan fingerprint density at radius 3 is 2.30 bits per heavy atom. The first-order valence-electron chi connectivity index (χ1n) is 5.92. The SMILES string of the molecule is C[C@H](NS(=O)(=O)c1ccc(Br)cc1)c1ccccc1Cl. The number of rotatable bonds is 4. The molecule has 0 heterocycles. The minimum atomic E-state index is -3.57. The van der Waals surface area contributed by atoms with Crippen molar-refractivity contribution < 1.29 is 8.42 Å². The fraction of sp³-hybridized carbons (Fsp3) is 0.143. The minimum absolute atomic E-state index is 0.222. The van der Waals surface area contributed by atoms with Gasteiger partial charge in [0, 0.05) is 15.5 Å². The van der Waals surface area contributed by atoms with Crippen molar-refractivity contribution in [2.24, 2.45) is 0 Å². The molecule has 6 heteroatoms. The van der Waals surface area contributed by atoms with Gasteiger partial charge < -0.3 is 0 Å². The van der Waals surface area contributed by atoms with Crippen LogP contribution in [0.15, 0.2) is 57.9 Å². The Hall–Kier alpha value is -0.880. The Labute approximate surface area is 132 Å². The summed E-state index contributed by atoms with van der Waals surface area (Å²) < 4.78 is 28.0. The highest BCUT2D eigenvalue weighted by molar-refractivity contribution is 9.10. The lowest BCUT2D eigenvalue weighted by Crippen LogP contribution is -2.27. The fourth-order valence-electron chi connectivity index (χ4n) is 1.80. The van der Waals surface area contributed by atoms with E-state index in [0.717, 1.165) is 10.0 Å². The van der Waals surface area contributed by atoms with E-state index in [2.05, 4.69) is 20.7 Å². The normalized spacial score (nSPS) is 13.2. The van der Waals surface area contributed by atoms with Gasteiger partial charge in [-0.1, -0.05) is 45.7 Å². The molecular weight excluding hydrogens is 362 g/mol. The van der Waals surface area contributed by atoms with E-state index in [9.17, 15) is 8.42 Å². The molecule has 0 aliphatic heterocycles. The van der Waals surface area contributed by atoms with Crippen LogP contribution in [0.4, 0.5) is 0 Å². The minimum Gasteiger partial charge on any atom is -0.207 e. The van der Waals surface area contributed by atoms with Crippen LogP contribution in [-0.4, -0.2) is 8.42 Å². The molecule has 0 radical (unpaired) electrons. The Morgan fingerprint density at radius 1 is 1.10 bits per heavy atom. The van der Waals surface area contributed by atoms with Crippen molar-refractivity contribution in [3.05, 3.63) is 63.6 Å². The molecule has 0 unspecified atom stereocenters. The first-order valence-corrected chi connectivity index (χ1v) is 8.58. The van der Waals surface area contributed by atoms with Gasteiger partial charge in [-0.25, -0.2) is 13.1 Å². The molecule has 1 atom stereocenters. The highest BCUT2D eigenvalue weighted by atomic mass is 79.9. The molecule has 0 aromatic heterocycles. The lowest BCUT2D eigenvalue weighted by Gasteiger charge is -2.16. The van der Waals surface area contributed by atoms with Crippen LogP contribution < -0.4 is 4.72 Å². The summed E-state index contributed by atoms with van der Waals surface area (Å²) in [6.45, 7) is 1.76. The zero-order valence-corrected chi connectivity index (χ0v) is 13.8. The number of hydrogen-bond acceptors (Lipinski definition) is 2. The molecule has 106 valence electrons. The van der Waals surface area contributed by atoms with Gasteiger partial charge in [0.2, 0.25) is 10.0 Å². The predicted molar refractivity (Wildman–Crippen MR) is 84.3 cm³/mol. The lowest BCUT2D eigenvalue weighted by atomic mass is 10.1. The molecule has 20 heavy (non-hydrogen) atoms. The number of sulfonamides is 1. The summed E-state index contributed by atoms with van der Waals surface area (Å²) in [5.41, 5.74) is 0.745. The zero-order chi connectivity index (χ0) is 14.8. The average molecular weight is 375 g/mol. The van der Waals surface area contributed by atoms with E-state index in [1.807, 2.05) is 12.1 Å². The van der Waals surface area contributed by atoms with Gasteiger partial charge in [-0.15, -0.1) is 0 Å². The fourth-order valence-corrected chi connectivity index (χ4v) is 3.59. The van der Waals surface area contributed by atoms with Crippen LogP contribution in [0.2, 0.25) is 5.02 Å². The van der Waals surface area contributed by atoms with Crippen LogP contribution in [0.25, 0.3) is 0 Å². The van der Waals surface area contributed by atoms with Gasteiger partial charge in [0.15, 0.2) is 0 Å². The molecule has 0 bridgehead atoms. The number of hydrogen-bond donors (Lipinski definition) is 1. The summed E-state index contributed by atoms with van der Waals surface area (Å²) in [4.78, 5) is 0.222. The van der Waals surface area contributed by atoms with Crippen LogP contribution in [0, 0.1) is 0 Å². The third kappa shape index (κ3) is 3.61. The van der Waals surface area contributed by atoms with Crippen molar-refractivity contribution in [3.63, 3.8) is 0 Å². The summed E-state index contributed by atoms with van der Waals surface area (Å²) >= 11 is 9.35. The Balaban J connectivity index is 2.24. The van der Waals surface area contributed by atoms with E-state index >= 15 is 0 Å². The molecule has 2 aromatic carbocycles. The molecule has 0 saturated heterocycles. The van der Waals surface area contributed by atoms with Crippen LogP contribution >= 0.6 is 27.5 Å². The van der Waals surface area contributed by atoms with E-state index in [1.165, 1.54) is 0 Å². The summed E-state index contributed by atoms with van der Waals surface area (Å²) in [5, 5.41) is 0.540. The summed E-state index contributed by atoms with van der Waals surface area (Å²) in [6, 6.07) is 13.2. The van der Waals surface area contributed by atoms with Gasteiger partial charge in [-0.05, 0) is 42.8 Å². The second-order valence-electron chi connectivity index (χ2n) is 4.32. The first kappa shape index (κ1) is 15.5. The van der Waals surface area contributed by atoms with Gasteiger partial charge >= 0.3 is 0 Å². The van der Waals surface area contributed by atoms with Gasteiger partial charge in [0.1, 0.15) is 0 Å². The number of benzene rings is 2. The van der Waals surface area contributed by atoms with E-state index in [-0.39, 0.29) is 4.90 Å². The van der Waals surface area contributed by atoms with Crippen molar-refractivity contribution in [3.8, 4) is 0 Å². The standard InChI is InChI=1S/C14H13BrClNO2S/c1-10(13-4-2-3-5-14(13)16)17-20(18,19)12-8-6-11(15)7-9-12/h2-10,17H,1H3/t10-/m0/s1. The maximum Gasteiger partial charge on any atom is 0.241 e. The van der Waals surface area contributed by atoms with Crippen molar-refractivity contribution in [1.82, 2.24) is 4.72 Å². The molecule has 0 fully saturated rings. The van der Waals surface area contributed by atoms with E-state index in [4.69, 9.17) is 11.6 Å². The van der Waals surface area contributed by atoms with Crippen molar-refractivity contribution in [1.29, 1.82) is 0 Å². The van der Waals surface area contributed by atoms with Gasteiger partial charge in [-0.2, -0.15) is 0 Å². The third-order valence-electron chi connectivity index (χ3n) is 2.83. The molecule has 0 aliphatic carbocycles. The quantitative estimate of drug-likeness (QED) is 0.874. The van der Waals surface area contributed by atoms with Gasteiger partial charge in [0.25, 0.3) is 0 Å². The number of halogens is 2. The maximum atomic E-state index is 12.3. The molecule has 1 N–H and O–H groups in total. The molecule has 2 rings (SSSR count). The second-order valence-corrected chi connectivity index (χ2v) is 7.36. The monoisotopic (exact) mass is 373 g/mol. The van der Waals surface area contributed by atoms with Gasteiger partial charge in [0.05, 0.1) is 4.90 Å². The van der Waals surface area contributed by atoms with Crippen LogP contribution in [0.1, 0.15) is 18.5 Å². The largest absolute Gasteiger partial charge is 0.241 e. The summed E-state index contributed by atoms with van der Waals surface area (Å²) in [5.74, 6) is 0. The van der Waals surface area contributed by atoms with Crippen molar-refractivity contribution in [2.45, 2.75) is 17.9 Å². The molecule has 0 amide bonds. The topological polar surface area (TPSA) is 46.2 Å². The zero-order valence-electron chi connectivity index (χ0n) is 10.7.